The summed E-state index contributed by atoms with van der Waals surface area (Å²) < 4.78 is 16.2. The number of ether oxygens (including phenoxy) is 3. The number of ketones is 1. The molecule has 0 radical (unpaired) electrons. The van der Waals surface area contributed by atoms with E-state index in [9.17, 15) is 14.4 Å². The second-order valence-electron chi connectivity index (χ2n) is 5.97. The minimum Gasteiger partial charge on any atom is -0.490 e. The highest BCUT2D eigenvalue weighted by Crippen LogP contribution is 2.30. The van der Waals surface area contributed by atoms with Gasteiger partial charge in [0.05, 0.1) is 18.8 Å². The van der Waals surface area contributed by atoms with Crippen molar-refractivity contribution in [2.75, 3.05) is 25.1 Å². The van der Waals surface area contributed by atoms with Gasteiger partial charge < -0.3 is 19.5 Å². The van der Waals surface area contributed by atoms with E-state index >= 15 is 0 Å². The minimum absolute atomic E-state index is 0.243. The molecule has 0 fully saturated rings. The smallest absolute Gasteiger partial charge is 0.338 e. The van der Waals surface area contributed by atoms with Gasteiger partial charge in [-0.05, 0) is 36.4 Å². The average molecular weight is 369 g/mol. The van der Waals surface area contributed by atoms with Gasteiger partial charge in [0, 0.05) is 24.6 Å². The van der Waals surface area contributed by atoms with Gasteiger partial charge in [0.2, 0.25) is 5.91 Å². The molecule has 1 aliphatic rings. The molecule has 140 valence electrons. The molecule has 0 spiro atoms. The Morgan fingerprint density at radius 2 is 1.78 bits per heavy atom. The standard InChI is InChI=1S/C20H19NO6/c1-13(22)21-16-5-2-4-15(10-16)20(24)27-12-17(23)14-6-7-18-19(11-14)26-9-3-8-25-18/h2,4-7,10-11H,3,8-9,12H2,1H3,(H,21,22). The number of fused-ring (bicyclic) bond motifs is 1. The van der Waals surface area contributed by atoms with Crippen LogP contribution in [-0.4, -0.2) is 37.5 Å². The van der Waals surface area contributed by atoms with Gasteiger partial charge in [0.25, 0.3) is 0 Å². The lowest BCUT2D eigenvalue weighted by Gasteiger charge is -2.09. The Morgan fingerprint density at radius 3 is 2.56 bits per heavy atom. The van der Waals surface area contributed by atoms with Crippen molar-refractivity contribution in [3.63, 3.8) is 0 Å². The number of benzene rings is 2. The van der Waals surface area contributed by atoms with Gasteiger partial charge in [-0.25, -0.2) is 4.79 Å². The van der Waals surface area contributed by atoms with Crippen molar-refractivity contribution in [1.82, 2.24) is 0 Å². The van der Waals surface area contributed by atoms with Gasteiger partial charge in [-0.1, -0.05) is 6.07 Å². The van der Waals surface area contributed by atoms with E-state index in [-0.39, 0.29) is 17.3 Å². The van der Waals surface area contributed by atoms with Gasteiger partial charge in [0.15, 0.2) is 23.9 Å². The Kier molecular flexibility index (Phi) is 5.71. The summed E-state index contributed by atoms with van der Waals surface area (Å²) in [6.45, 7) is 2.06. The third kappa shape index (κ3) is 4.84. The molecular formula is C20H19NO6. The van der Waals surface area contributed by atoms with Crippen molar-refractivity contribution < 1.29 is 28.6 Å². The van der Waals surface area contributed by atoms with E-state index in [0.717, 1.165) is 6.42 Å². The van der Waals surface area contributed by atoms with Crippen LogP contribution >= 0.6 is 0 Å². The molecule has 3 rings (SSSR count). The Labute approximate surface area is 156 Å². The molecule has 2 aromatic carbocycles. The third-order valence-electron chi connectivity index (χ3n) is 3.82. The van der Waals surface area contributed by atoms with Gasteiger partial charge in [-0.15, -0.1) is 0 Å². The fourth-order valence-corrected chi connectivity index (χ4v) is 2.56. The van der Waals surface area contributed by atoms with Crippen LogP contribution in [0.5, 0.6) is 11.5 Å². The number of amides is 1. The Morgan fingerprint density at radius 1 is 1.00 bits per heavy atom. The number of esters is 1. The van der Waals surface area contributed by atoms with Crippen molar-refractivity contribution in [3.8, 4) is 11.5 Å². The predicted molar refractivity (Wildman–Crippen MR) is 97.4 cm³/mol. The van der Waals surface area contributed by atoms with E-state index in [2.05, 4.69) is 5.32 Å². The molecule has 2 aromatic rings. The molecule has 27 heavy (non-hydrogen) atoms. The maximum Gasteiger partial charge on any atom is 0.338 e. The fourth-order valence-electron chi connectivity index (χ4n) is 2.56. The summed E-state index contributed by atoms with van der Waals surface area (Å²) in [6, 6.07) is 11.2. The number of anilines is 1. The first-order chi connectivity index (χ1) is 13.0. The lowest BCUT2D eigenvalue weighted by molar-refractivity contribution is -0.114. The van der Waals surface area contributed by atoms with Crippen LogP contribution in [0.1, 0.15) is 34.1 Å². The number of nitrogens with one attached hydrogen (secondary N) is 1. The summed E-state index contributed by atoms with van der Waals surface area (Å²) in [5.74, 6) is -0.143. The molecule has 0 saturated carbocycles. The topological polar surface area (TPSA) is 90.9 Å². The molecule has 0 unspecified atom stereocenters. The summed E-state index contributed by atoms with van der Waals surface area (Å²) in [5.41, 5.74) is 1.10. The number of carbonyl (C=O) groups is 3. The molecule has 0 bridgehead atoms. The zero-order chi connectivity index (χ0) is 19.2. The SMILES string of the molecule is CC(=O)Nc1cccc(C(=O)OCC(=O)c2ccc3c(c2)OCCCO3)c1. The number of carbonyl (C=O) groups excluding carboxylic acids is 3. The predicted octanol–water partition coefficient (Wildman–Crippen LogP) is 2.85. The van der Waals surface area contributed by atoms with Gasteiger partial charge in [0.1, 0.15) is 0 Å². The number of hydrogen-bond acceptors (Lipinski definition) is 6. The molecule has 1 N–H and O–H groups in total. The van der Waals surface area contributed by atoms with E-state index in [1.165, 1.54) is 13.0 Å². The lowest BCUT2D eigenvalue weighted by Crippen LogP contribution is -2.15. The van der Waals surface area contributed by atoms with E-state index in [4.69, 9.17) is 14.2 Å². The Bertz CT molecular complexity index is 877. The number of hydrogen-bond donors (Lipinski definition) is 1. The molecule has 7 nitrogen and oxygen atoms in total. The highest BCUT2D eigenvalue weighted by atomic mass is 16.5. The first kappa shape index (κ1) is 18.4. The van der Waals surface area contributed by atoms with Crippen molar-refractivity contribution in [3.05, 3.63) is 53.6 Å². The van der Waals surface area contributed by atoms with Gasteiger partial charge in [-0.3, -0.25) is 9.59 Å². The number of Topliss-reactive ketones (excluding diaryl/α,β-unsaturated/α-hetero) is 1. The van der Waals surface area contributed by atoms with Crippen LogP contribution in [0.2, 0.25) is 0 Å². The van der Waals surface area contributed by atoms with E-state index in [0.29, 0.717) is 36.0 Å². The zero-order valence-electron chi connectivity index (χ0n) is 14.8. The summed E-state index contributed by atoms with van der Waals surface area (Å²) in [5, 5.41) is 2.59. The first-order valence-corrected chi connectivity index (χ1v) is 8.50. The maximum absolute atomic E-state index is 12.3. The minimum atomic E-state index is -0.648. The normalized spacial score (nSPS) is 12.6. The van der Waals surface area contributed by atoms with Crippen molar-refractivity contribution in [2.24, 2.45) is 0 Å². The monoisotopic (exact) mass is 369 g/mol. The summed E-state index contributed by atoms with van der Waals surface area (Å²) in [4.78, 5) is 35.6. The molecule has 0 saturated heterocycles. The summed E-state index contributed by atoms with van der Waals surface area (Å²) in [6.07, 6.45) is 0.771. The van der Waals surface area contributed by atoms with Gasteiger partial charge in [-0.2, -0.15) is 0 Å². The number of rotatable bonds is 5. The second-order valence-corrected chi connectivity index (χ2v) is 5.97. The second kappa shape index (κ2) is 8.35. The van der Waals surface area contributed by atoms with E-state index < -0.39 is 12.6 Å². The quantitative estimate of drug-likeness (QED) is 0.644. The molecule has 7 heteroatoms. The van der Waals surface area contributed by atoms with Gasteiger partial charge >= 0.3 is 5.97 Å². The molecular weight excluding hydrogens is 350 g/mol. The average Bonchev–Trinajstić information content (AvgIpc) is 2.90. The highest BCUT2D eigenvalue weighted by Gasteiger charge is 2.16. The maximum atomic E-state index is 12.3. The van der Waals surface area contributed by atoms with Crippen LogP contribution in [0.4, 0.5) is 5.69 Å². The molecule has 0 aromatic heterocycles. The molecule has 1 amide bonds. The van der Waals surface area contributed by atoms with Crippen LogP contribution in [0.3, 0.4) is 0 Å². The molecule has 1 heterocycles. The summed E-state index contributed by atoms with van der Waals surface area (Å²) in [7, 11) is 0. The Hall–Kier alpha value is -3.35. The van der Waals surface area contributed by atoms with Crippen LogP contribution in [0, 0.1) is 0 Å². The largest absolute Gasteiger partial charge is 0.490 e. The molecule has 1 aliphatic heterocycles. The van der Waals surface area contributed by atoms with Crippen LogP contribution in [0.25, 0.3) is 0 Å². The fraction of sp³-hybridized carbons (Fsp3) is 0.250. The zero-order valence-corrected chi connectivity index (χ0v) is 14.8. The Balaban J connectivity index is 1.63. The third-order valence-corrected chi connectivity index (χ3v) is 3.82. The van der Waals surface area contributed by atoms with Crippen LogP contribution in [-0.2, 0) is 9.53 Å². The van der Waals surface area contributed by atoms with Crippen molar-refractivity contribution >= 4 is 23.3 Å². The van der Waals surface area contributed by atoms with Crippen molar-refractivity contribution in [2.45, 2.75) is 13.3 Å². The highest BCUT2D eigenvalue weighted by molar-refractivity contribution is 6.00. The van der Waals surface area contributed by atoms with Crippen molar-refractivity contribution in [1.29, 1.82) is 0 Å². The lowest BCUT2D eigenvalue weighted by atomic mass is 10.1. The van der Waals surface area contributed by atoms with E-state index in [1.54, 1.807) is 36.4 Å². The molecule has 0 atom stereocenters. The van der Waals surface area contributed by atoms with Crippen LogP contribution < -0.4 is 14.8 Å². The summed E-state index contributed by atoms with van der Waals surface area (Å²) >= 11 is 0. The first-order valence-electron chi connectivity index (χ1n) is 8.50. The van der Waals surface area contributed by atoms with E-state index in [1.807, 2.05) is 0 Å². The van der Waals surface area contributed by atoms with Crippen LogP contribution in [0.15, 0.2) is 42.5 Å². The molecule has 0 aliphatic carbocycles.